The summed E-state index contributed by atoms with van der Waals surface area (Å²) in [5, 5.41) is 15.7. The molecule has 0 radical (unpaired) electrons. The minimum atomic E-state index is -0.955. The Morgan fingerprint density at radius 3 is 3.03 bits per heavy atom. The molecule has 2 aromatic heterocycles. The van der Waals surface area contributed by atoms with Gasteiger partial charge < -0.3 is 30.4 Å². The van der Waals surface area contributed by atoms with Gasteiger partial charge >= 0.3 is 6.09 Å². The molecular formula is C26H28FN5O4. The fourth-order valence-electron chi connectivity index (χ4n) is 5.02. The predicted octanol–water partition coefficient (Wildman–Crippen LogP) is 4.33. The molecule has 1 fully saturated rings. The second-order valence-corrected chi connectivity index (χ2v) is 8.93. The number of pyridine rings is 1. The van der Waals surface area contributed by atoms with Gasteiger partial charge in [0.15, 0.2) is 0 Å². The number of aromatic amines is 1. The standard InChI is InChI=1S/C26H28FN5O4/c1-2-16-18(27)6-3-7-19(16)30-24-22-20(9-11-29-25(22)33)31-23(24)17-8-10-28-13-21(17)36-14-15-5-4-12-32(15)26(34)35/h3,6-8,10,13,15,30-31H,2,4-5,9,11-12,14H2,1H3,(H,29,33)(H,34,35)/t15-/m0/s1. The molecule has 0 unspecified atom stereocenters. The molecule has 10 heteroatoms. The topological polar surface area (TPSA) is 120 Å². The molecule has 1 saturated heterocycles. The molecule has 9 nitrogen and oxygen atoms in total. The number of hydrogen-bond donors (Lipinski definition) is 4. The monoisotopic (exact) mass is 493 g/mol. The van der Waals surface area contributed by atoms with E-state index in [4.69, 9.17) is 4.74 Å². The molecule has 1 aromatic carbocycles. The predicted molar refractivity (Wildman–Crippen MR) is 132 cm³/mol. The zero-order chi connectivity index (χ0) is 25.2. The highest BCUT2D eigenvalue weighted by Crippen LogP contribution is 2.41. The number of carbonyl (C=O) groups is 2. The molecular weight excluding hydrogens is 465 g/mol. The Labute approximate surface area is 207 Å². The van der Waals surface area contributed by atoms with Crippen LogP contribution in [0.4, 0.5) is 20.6 Å². The number of benzene rings is 1. The second kappa shape index (κ2) is 9.88. The molecule has 4 heterocycles. The first-order valence-electron chi connectivity index (χ1n) is 12.1. The van der Waals surface area contributed by atoms with Crippen LogP contribution in [0.5, 0.6) is 5.75 Å². The first-order valence-corrected chi connectivity index (χ1v) is 12.1. The molecule has 2 aliphatic rings. The molecule has 3 aromatic rings. The van der Waals surface area contributed by atoms with Crippen molar-refractivity contribution < 1.29 is 23.8 Å². The lowest BCUT2D eigenvalue weighted by atomic mass is 10.0. The number of nitrogens with one attached hydrogen (secondary N) is 3. The largest absolute Gasteiger partial charge is 0.489 e. The Morgan fingerprint density at radius 1 is 1.36 bits per heavy atom. The summed E-state index contributed by atoms with van der Waals surface area (Å²) < 4.78 is 20.6. The van der Waals surface area contributed by atoms with E-state index in [1.54, 1.807) is 30.6 Å². The Morgan fingerprint density at radius 2 is 2.22 bits per heavy atom. The average molecular weight is 494 g/mol. The molecule has 5 rings (SSSR count). The normalized spacial score (nSPS) is 17.0. The van der Waals surface area contributed by atoms with Crippen molar-refractivity contribution in [2.75, 3.05) is 25.0 Å². The number of fused-ring (bicyclic) bond motifs is 1. The van der Waals surface area contributed by atoms with Gasteiger partial charge in [0.25, 0.3) is 5.91 Å². The van der Waals surface area contributed by atoms with Crippen LogP contribution in [0.3, 0.4) is 0 Å². The number of rotatable bonds is 7. The summed E-state index contributed by atoms with van der Waals surface area (Å²) >= 11 is 0. The van der Waals surface area contributed by atoms with Gasteiger partial charge in [-0.25, -0.2) is 9.18 Å². The quantitative estimate of drug-likeness (QED) is 0.389. The van der Waals surface area contributed by atoms with E-state index in [1.807, 2.05) is 6.92 Å². The molecule has 2 aliphatic heterocycles. The molecule has 0 aliphatic carbocycles. The van der Waals surface area contributed by atoms with E-state index >= 15 is 0 Å². The van der Waals surface area contributed by atoms with E-state index in [0.29, 0.717) is 65.4 Å². The highest BCUT2D eigenvalue weighted by molar-refractivity contribution is 6.06. The second-order valence-electron chi connectivity index (χ2n) is 8.93. The van der Waals surface area contributed by atoms with Crippen molar-refractivity contribution in [3.63, 3.8) is 0 Å². The van der Waals surface area contributed by atoms with Crippen molar-refractivity contribution in [2.45, 2.75) is 38.6 Å². The number of hydrogen-bond acceptors (Lipinski definition) is 5. The number of carboxylic acid groups (broad SMARTS) is 1. The number of anilines is 2. The lowest BCUT2D eigenvalue weighted by Gasteiger charge is -2.22. The summed E-state index contributed by atoms with van der Waals surface area (Å²) in [6, 6.07) is 6.38. The van der Waals surface area contributed by atoms with Crippen molar-refractivity contribution in [3.8, 4) is 17.0 Å². The number of carbonyl (C=O) groups excluding carboxylic acids is 1. The summed E-state index contributed by atoms with van der Waals surface area (Å²) in [4.78, 5) is 33.4. The van der Waals surface area contributed by atoms with Crippen molar-refractivity contribution >= 4 is 23.4 Å². The van der Waals surface area contributed by atoms with Gasteiger partial charge in [0.05, 0.1) is 29.2 Å². The fraction of sp³-hybridized carbons (Fsp3) is 0.346. The summed E-state index contributed by atoms with van der Waals surface area (Å²) in [5.74, 6) is -0.0626. The number of ether oxygens (including phenoxy) is 1. The summed E-state index contributed by atoms with van der Waals surface area (Å²) in [6.07, 6.45) is 4.88. The first-order chi connectivity index (χ1) is 17.5. The molecule has 1 atom stereocenters. The summed E-state index contributed by atoms with van der Waals surface area (Å²) in [5.41, 5.74) is 4.20. The Balaban J connectivity index is 1.54. The molecule has 2 amide bonds. The smallest absolute Gasteiger partial charge is 0.407 e. The van der Waals surface area contributed by atoms with Crippen LogP contribution in [-0.4, -0.2) is 57.7 Å². The van der Waals surface area contributed by atoms with Crippen molar-refractivity contribution in [2.24, 2.45) is 0 Å². The van der Waals surface area contributed by atoms with E-state index in [9.17, 15) is 19.1 Å². The molecule has 0 saturated carbocycles. The lowest BCUT2D eigenvalue weighted by molar-refractivity contribution is 0.0946. The third-order valence-electron chi connectivity index (χ3n) is 6.81. The van der Waals surface area contributed by atoms with E-state index in [-0.39, 0.29) is 24.4 Å². The van der Waals surface area contributed by atoms with Crippen molar-refractivity contribution in [1.82, 2.24) is 20.2 Å². The number of halogens is 1. The minimum absolute atomic E-state index is 0.193. The van der Waals surface area contributed by atoms with Crippen LogP contribution < -0.4 is 15.4 Å². The van der Waals surface area contributed by atoms with E-state index in [1.165, 1.54) is 11.0 Å². The zero-order valence-electron chi connectivity index (χ0n) is 19.9. The van der Waals surface area contributed by atoms with Gasteiger partial charge in [-0.15, -0.1) is 0 Å². The van der Waals surface area contributed by atoms with Gasteiger partial charge in [0.2, 0.25) is 0 Å². The highest BCUT2D eigenvalue weighted by Gasteiger charge is 2.31. The van der Waals surface area contributed by atoms with Crippen molar-refractivity contribution in [3.05, 3.63) is 59.3 Å². The summed E-state index contributed by atoms with van der Waals surface area (Å²) in [7, 11) is 0. The maximum atomic E-state index is 14.5. The Hall–Kier alpha value is -4.08. The number of aromatic nitrogens is 2. The van der Waals surface area contributed by atoms with E-state index < -0.39 is 6.09 Å². The average Bonchev–Trinajstić information content (AvgIpc) is 3.49. The number of amides is 2. The first kappa shape index (κ1) is 23.7. The van der Waals surface area contributed by atoms with Gasteiger partial charge in [-0.05, 0) is 37.5 Å². The van der Waals surface area contributed by atoms with Gasteiger partial charge in [-0.3, -0.25) is 9.78 Å². The fourth-order valence-corrected chi connectivity index (χ4v) is 5.02. The highest BCUT2D eigenvalue weighted by atomic mass is 19.1. The number of H-pyrrole nitrogens is 1. The van der Waals surface area contributed by atoms with E-state index in [2.05, 4.69) is 20.6 Å². The maximum absolute atomic E-state index is 14.5. The molecule has 0 spiro atoms. The Bertz CT molecular complexity index is 1310. The van der Waals surface area contributed by atoms with Crippen LogP contribution in [0.15, 0.2) is 36.7 Å². The molecule has 0 bridgehead atoms. The number of likely N-dealkylation sites (tertiary alicyclic amines) is 1. The minimum Gasteiger partial charge on any atom is -0.489 e. The van der Waals surface area contributed by atoms with Crippen LogP contribution in [0.25, 0.3) is 11.3 Å². The molecule has 36 heavy (non-hydrogen) atoms. The SMILES string of the molecule is CCc1c(F)cccc1Nc1c(-c2ccncc2OC[C@@H]2CCCN2C(=O)O)[nH]c2c1C(=O)NCC2. The van der Waals surface area contributed by atoms with Crippen LogP contribution >= 0.6 is 0 Å². The van der Waals surface area contributed by atoms with Crippen LogP contribution in [0, 0.1) is 5.82 Å². The molecule has 188 valence electrons. The third kappa shape index (κ3) is 4.34. The maximum Gasteiger partial charge on any atom is 0.407 e. The zero-order valence-corrected chi connectivity index (χ0v) is 19.9. The third-order valence-corrected chi connectivity index (χ3v) is 6.81. The van der Waals surface area contributed by atoms with Gasteiger partial charge in [0.1, 0.15) is 18.2 Å². The summed E-state index contributed by atoms with van der Waals surface area (Å²) in [6.45, 7) is 3.07. The van der Waals surface area contributed by atoms with Gasteiger partial charge in [0, 0.05) is 48.2 Å². The van der Waals surface area contributed by atoms with Crippen LogP contribution in [0.1, 0.15) is 41.4 Å². The van der Waals surface area contributed by atoms with Crippen molar-refractivity contribution in [1.29, 1.82) is 0 Å². The van der Waals surface area contributed by atoms with Crippen LogP contribution in [0.2, 0.25) is 0 Å². The van der Waals surface area contributed by atoms with Crippen LogP contribution in [-0.2, 0) is 12.8 Å². The van der Waals surface area contributed by atoms with Gasteiger partial charge in [-0.2, -0.15) is 0 Å². The lowest BCUT2D eigenvalue weighted by Crippen LogP contribution is -2.38. The van der Waals surface area contributed by atoms with Gasteiger partial charge in [-0.1, -0.05) is 13.0 Å². The number of nitrogens with zero attached hydrogens (tertiary/aromatic N) is 2. The van der Waals surface area contributed by atoms with E-state index in [0.717, 1.165) is 18.5 Å². The Kier molecular flexibility index (Phi) is 6.49. The molecule has 4 N–H and O–H groups in total.